The molecule has 2 N–H and O–H groups in total. The zero-order valence-electron chi connectivity index (χ0n) is 22.9. The van der Waals surface area contributed by atoms with Crippen LogP contribution in [0, 0.1) is 0 Å². The fourth-order valence-electron chi connectivity index (χ4n) is 5.38. The molecule has 210 valence electrons. The Morgan fingerprint density at radius 1 is 1.02 bits per heavy atom. The average molecular weight is 553 g/mol. The maximum absolute atomic E-state index is 8.58. The molecule has 7 rings (SSSR count). The quantitative estimate of drug-likeness (QED) is 0.315. The number of pyridine rings is 1. The minimum atomic E-state index is 0.250. The molecule has 0 aliphatic carbocycles. The standard InChI is InChI=1S/C29H29N7O2.CH3NO/c1-37-23-8-5-20(6-9-23)18-35-19-31-28(33-35)21-7-10-24(30-17-21)29-32-25-15-22(34-11-2-3-12-34)16-26-27(25)36(29)13-4-14-38-26;2-1-3/h5-10,15-17,19H,2-4,11-14,18H2,1H3;1H,(H2,2,3). The van der Waals surface area contributed by atoms with Crippen molar-refractivity contribution in [3.8, 4) is 34.4 Å². The van der Waals surface area contributed by atoms with E-state index in [4.69, 9.17) is 24.2 Å². The summed E-state index contributed by atoms with van der Waals surface area (Å²) >= 11 is 0. The number of hydrogen-bond acceptors (Lipinski definition) is 8. The van der Waals surface area contributed by atoms with Gasteiger partial charge < -0.3 is 24.7 Å². The highest BCUT2D eigenvalue weighted by Crippen LogP contribution is 2.37. The first kappa shape index (κ1) is 26.3. The number of carbonyl (C=O) groups is 1. The van der Waals surface area contributed by atoms with E-state index in [9.17, 15) is 0 Å². The Balaban J connectivity index is 0.000000967. The van der Waals surface area contributed by atoms with Crippen LogP contribution in [0.4, 0.5) is 5.69 Å². The lowest BCUT2D eigenvalue weighted by molar-refractivity contribution is -0.106. The largest absolute Gasteiger partial charge is 0.497 e. The Hall–Kier alpha value is -4.93. The maximum atomic E-state index is 8.58. The lowest BCUT2D eigenvalue weighted by atomic mass is 10.2. The van der Waals surface area contributed by atoms with Crippen LogP contribution in [0.25, 0.3) is 33.9 Å². The van der Waals surface area contributed by atoms with E-state index < -0.39 is 0 Å². The van der Waals surface area contributed by atoms with Gasteiger partial charge in [-0.2, -0.15) is 5.10 Å². The van der Waals surface area contributed by atoms with Gasteiger partial charge >= 0.3 is 0 Å². The van der Waals surface area contributed by atoms with Crippen molar-refractivity contribution in [1.29, 1.82) is 0 Å². The van der Waals surface area contributed by atoms with E-state index in [1.165, 1.54) is 18.5 Å². The molecule has 0 spiro atoms. The number of benzene rings is 2. The number of nitrogens with zero attached hydrogens (tertiary/aromatic N) is 7. The summed E-state index contributed by atoms with van der Waals surface area (Å²) in [6.45, 7) is 4.37. The summed E-state index contributed by atoms with van der Waals surface area (Å²) in [7, 11) is 1.67. The average Bonchev–Trinajstić information content (AvgIpc) is 3.74. The Morgan fingerprint density at radius 2 is 1.83 bits per heavy atom. The minimum absolute atomic E-state index is 0.250. The predicted octanol–water partition coefficient (Wildman–Crippen LogP) is 3.90. The number of anilines is 1. The number of aromatic nitrogens is 6. The fourth-order valence-corrected chi connectivity index (χ4v) is 5.38. The van der Waals surface area contributed by atoms with E-state index in [-0.39, 0.29) is 6.41 Å². The summed E-state index contributed by atoms with van der Waals surface area (Å²) < 4.78 is 15.5. The molecule has 5 heterocycles. The van der Waals surface area contributed by atoms with Crippen LogP contribution in [0.2, 0.25) is 0 Å². The fraction of sp³-hybridized carbons (Fsp3) is 0.300. The monoisotopic (exact) mass is 552 g/mol. The third-order valence-electron chi connectivity index (χ3n) is 7.34. The molecule has 0 radical (unpaired) electrons. The van der Waals surface area contributed by atoms with Gasteiger partial charge in [0.1, 0.15) is 29.0 Å². The smallest absolute Gasteiger partial charge is 0.204 e. The van der Waals surface area contributed by atoms with E-state index >= 15 is 0 Å². The van der Waals surface area contributed by atoms with Crippen molar-refractivity contribution in [2.45, 2.75) is 32.4 Å². The van der Waals surface area contributed by atoms with Gasteiger partial charge in [-0.15, -0.1) is 0 Å². The highest BCUT2D eigenvalue weighted by Gasteiger charge is 2.23. The van der Waals surface area contributed by atoms with Crippen LogP contribution >= 0.6 is 0 Å². The van der Waals surface area contributed by atoms with Gasteiger partial charge in [0.05, 0.1) is 25.8 Å². The van der Waals surface area contributed by atoms with Crippen LogP contribution in [-0.2, 0) is 17.9 Å². The van der Waals surface area contributed by atoms with Crippen LogP contribution in [0.3, 0.4) is 0 Å². The van der Waals surface area contributed by atoms with Crippen molar-refractivity contribution in [1.82, 2.24) is 29.3 Å². The molecular formula is C30H32N8O3. The lowest BCUT2D eigenvalue weighted by Gasteiger charge is -2.18. The van der Waals surface area contributed by atoms with Crippen LogP contribution in [0.5, 0.6) is 11.5 Å². The van der Waals surface area contributed by atoms with Gasteiger partial charge in [-0.1, -0.05) is 12.1 Å². The number of ether oxygens (including phenoxy) is 2. The number of aryl methyl sites for hydroxylation is 1. The Labute approximate surface area is 237 Å². The SMILES string of the molecule is COc1ccc(Cn2cnc(-c3ccc(-c4nc5cc(N6CCCC6)cc6c5n4CCCO6)nc3)n2)cc1.NC=O. The molecule has 1 fully saturated rings. The number of rotatable bonds is 6. The summed E-state index contributed by atoms with van der Waals surface area (Å²) in [5.74, 6) is 3.28. The minimum Gasteiger partial charge on any atom is -0.497 e. The van der Waals surface area contributed by atoms with Crippen molar-refractivity contribution in [2.24, 2.45) is 5.73 Å². The van der Waals surface area contributed by atoms with E-state index in [2.05, 4.69) is 37.4 Å². The molecule has 0 atom stereocenters. The molecule has 5 aromatic rings. The van der Waals surface area contributed by atoms with Crippen molar-refractivity contribution in [3.05, 3.63) is 66.6 Å². The number of primary amides is 1. The molecule has 0 bridgehead atoms. The second-order valence-corrected chi connectivity index (χ2v) is 9.98. The van der Waals surface area contributed by atoms with Crippen LogP contribution in [0.1, 0.15) is 24.8 Å². The second kappa shape index (κ2) is 11.7. The van der Waals surface area contributed by atoms with Crippen molar-refractivity contribution in [3.63, 3.8) is 0 Å². The van der Waals surface area contributed by atoms with Crippen molar-refractivity contribution >= 4 is 23.1 Å². The van der Waals surface area contributed by atoms with Gasteiger partial charge in [-0.25, -0.2) is 14.6 Å². The van der Waals surface area contributed by atoms with Crippen molar-refractivity contribution in [2.75, 3.05) is 31.7 Å². The zero-order valence-corrected chi connectivity index (χ0v) is 22.9. The number of carbonyl (C=O) groups excluding carboxylic acids is 1. The first-order chi connectivity index (χ1) is 20.2. The summed E-state index contributed by atoms with van der Waals surface area (Å²) in [4.78, 5) is 25.4. The Kier molecular flexibility index (Phi) is 7.48. The van der Waals surface area contributed by atoms with Crippen molar-refractivity contribution < 1.29 is 14.3 Å². The highest BCUT2D eigenvalue weighted by atomic mass is 16.5. The zero-order chi connectivity index (χ0) is 28.2. The lowest BCUT2D eigenvalue weighted by Crippen LogP contribution is -2.17. The molecule has 3 aromatic heterocycles. The van der Waals surface area contributed by atoms with E-state index in [1.54, 1.807) is 13.4 Å². The van der Waals surface area contributed by atoms with Gasteiger partial charge in [0, 0.05) is 43.1 Å². The molecule has 2 aliphatic heterocycles. The normalized spacial score (nSPS) is 14.2. The van der Waals surface area contributed by atoms with E-state index in [0.717, 1.165) is 71.2 Å². The predicted molar refractivity (Wildman–Crippen MR) is 156 cm³/mol. The van der Waals surface area contributed by atoms with Crippen LogP contribution in [0.15, 0.2) is 61.1 Å². The summed E-state index contributed by atoms with van der Waals surface area (Å²) in [6, 6.07) is 16.4. The van der Waals surface area contributed by atoms with Gasteiger partial charge in [-0.05, 0) is 55.2 Å². The summed E-state index contributed by atoms with van der Waals surface area (Å²) in [6.07, 6.45) is 7.23. The summed E-state index contributed by atoms with van der Waals surface area (Å²) in [5.41, 5.74) is 10.2. The molecule has 41 heavy (non-hydrogen) atoms. The number of nitrogens with two attached hydrogens (primary N) is 1. The molecule has 1 amide bonds. The maximum Gasteiger partial charge on any atom is 0.204 e. The molecular weight excluding hydrogens is 520 g/mol. The van der Waals surface area contributed by atoms with E-state index in [0.29, 0.717) is 19.0 Å². The number of hydrogen-bond donors (Lipinski definition) is 1. The van der Waals surface area contributed by atoms with Gasteiger partial charge in [0.2, 0.25) is 6.41 Å². The third kappa shape index (κ3) is 5.43. The molecule has 0 unspecified atom stereocenters. The van der Waals surface area contributed by atoms with Gasteiger partial charge in [0.15, 0.2) is 11.6 Å². The first-order valence-corrected chi connectivity index (χ1v) is 13.7. The highest BCUT2D eigenvalue weighted by molar-refractivity contribution is 5.89. The van der Waals surface area contributed by atoms with Gasteiger partial charge in [0.25, 0.3) is 0 Å². The first-order valence-electron chi connectivity index (χ1n) is 13.7. The summed E-state index contributed by atoms with van der Waals surface area (Å²) in [5, 5.41) is 4.66. The second-order valence-electron chi connectivity index (χ2n) is 9.98. The van der Waals surface area contributed by atoms with Crippen LogP contribution in [-0.4, -0.2) is 62.5 Å². The number of imidazole rings is 1. The Morgan fingerprint density at radius 3 is 2.56 bits per heavy atom. The third-order valence-corrected chi connectivity index (χ3v) is 7.34. The van der Waals surface area contributed by atoms with E-state index in [1.807, 2.05) is 47.3 Å². The molecule has 1 saturated heterocycles. The molecule has 2 aromatic carbocycles. The molecule has 11 nitrogen and oxygen atoms in total. The number of methoxy groups -OCH3 is 1. The molecule has 11 heteroatoms. The number of amides is 1. The topological polar surface area (TPSA) is 126 Å². The molecule has 2 aliphatic rings. The van der Waals surface area contributed by atoms with Crippen LogP contribution < -0.4 is 20.1 Å². The molecule has 0 saturated carbocycles. The van der Waals surface area contributed by atoms with Gasteiger partial charge in [-0.3, -0.25) is 9.78 Å². The Bertz CT molecular complexity index is 1640.